The van der Waals surface area contributed by atoms with Crippen molar-refractivity contribution in [1.82, 2.24) is 20.2 Å². The van der Waals surface area contributed by atoms with E-state index in [4.69, 9.17) is 4.42 Å². The number of thioether (sulfide) groups is 1. The fraction of sp³-hybridized carbons (Fsp3) is 0.167. The molecule has 0 amide bonds. The Morgan fingerprint density at radius 3 is 2.59 bits per heavy atom. The summed E-state index contributed by atoms with van der Waals surface area (Å²) in [5, 5.41) is 11.4. The van der Waals surface area contributed by atoms with E-state index in [9.17, 15) is 4.79 Å². The zero-order chi connectivity index (χ0) is 21.9. The number of hydrogen-bond acceptors (Lipinski definition) is 7. The fourth-order valence-electron chi connectivity index (χ4n) is 3.56. The summed E-state index contributed by atoms with van der Waals surface area (Å²) in [5.74, 6) is 1.92. The van der Waals surface area contributed by atoms with Crippen molar-refractivity contribution < 1.29 is 4.42 Å². The van der Waals surface area contributed by atoms with Gasteiger partial charge in [0.2, 0.25) is 5.89 Å². The topological polar surface area (TPSA) is 84.7 Å². The molecule has 3 heterocycles. The smallest absolute Gasteiger partial charge is 0.277 e. The molecule has 160 valence electrons. The van der Waals surface area contributed by atoms with Gasteiger partial charge in [-0.3, -0.25) is 4.79 Å². The number of nitrogens with one attached hydrogen (secondary N) is 1. The summed E-state index contributed by atoms with van der Waals surface area (Å²) in [6.45, 7) is 2.14. The van der Waals surface area contributed by atoms with Crippen molar-refractivity contribution in [3.63, 3.8) is 0 Å². The van der Waals surface area contributed by atoms with Crippen LogP contribution in [0.5, 0.6) is 0 Å². The van der Waals surface area contributed by atoms with E-state index in [2.05, 4.69) is 39.2 Å². The first kappa shape index (κ1) is 20.7. The van der Waals surface area contributed by atoms with E-state index in [1.54, 1.807) is 0 Å². The van der Waals surface area contributed by atoms with Gasteiger partial charge in [-0.05, 0) is 17.0 Å². The Balaban J connectivity index is 1.28. The van der Waals surface area contributed by atoms with E-state index < -0.39 is 0 Å². The maximum atomic E-state index is 12.8. The van der Waals surface area contributed by atoms with E-state index in [1.165, 1.54) is 28.7 Å². The molecule has 0 fully saturated rings. The van der Waals surface area contributed by atoms with E-state index in [0.29, 0.717) is 34.5 Å². The van der Waals surface area contributed by atoms with Gasteiger partial charge in [-0.1, -0.05) is 79.3 Å². The molecule has 6 nitrogen and oxygen atoms in total. The largest absolute Gasteiger partial charge is 0.416 e. The summed E-state index contributed by atoms with van der Waals surface area (Å²) < 4.78 is 5.80. The predicted molar refractivity (Wildman–Crippen MR) is 128 cm³/mol. The van der Waals surface area contributed by atoms with Crippen LogP contribution in [0.3, 0.4) is 0 Å². The molecule has 0 bridgehead atoms. The molecular formula is C24H20N4O2S2. The number of fused-ring (bicyclic) bond motifs is 1. The molecule has 1 atom stereocenters. The van der Waals surface area contributed by atoms with Crippen LogP contribution < -0.4 is 5.56 Å². The lowest BCUT2D eigenvalue weighted by Crippen LogP contribution is -2.10. The van der Waals surface area contributed by atoms with Gasteiger partial charge >= 0.3 is 0 Å². The van der Waals surface area contributed by atoms with Gasteiger partial charge in [-0.15, -0.1) is 21.5 Å². The number of H-pyrrole nitrogens is 1. The zero-order valence-electron chi connectivity index (χ0n) is 17.3. The Bertz CT molecular complexity index is 1390. The van der Waals surface area contributed by atoms with Crippen molar-refractivity contribution in [2.24, 2.45) is 0 Å². The van der Waals surface area contributed by atoms with Crippen molar-refractivity contribution >= 4 is 33.3 Å². The van der Waals surface area contributed by atoms with Gasteiger partial charge in [0.25, 0.3) is 10.8 Å². The third-order valence-corrected chi connectivity index (χ3v) is 6.91. The maximum absolute atomic E-state index is 12.8. The summed E-state index contributed by atoms with van der Waals surface area (Å²) >= 11 is 2.85. The van der Waals surface area contributed by atoms with Crippen LogP contribution in [0, 0.1) is 0 Å². The molecule has 0 aliphatic rings. The number of aromatic nitrogens is 4. The quantitative estimate of drug-likeness (QED) is 0.315. The van der Waals surface area contributed by atoms with Crippen molar-refractivity contribution in [1.29, 1.82) is 0 Å². The number of rotatable bonds is 7. The summed E-state index contributed by atoms with van der Waals surface area (Å²) in [4.78, 5) is 21.1. The lowest BCUT2D eigenvalue weighted by atomic mass is 9.98. The van der Waals surface area contributed by atoms with E-state index in [-0.39, 0.29) is 11.5 Å². The second-order valence-electron chi connectivity index (χ2n) is 7.47. The molecule has 5 aromatic rings. The number of thiophene rings is 1. The molecule has 3 aromatic heterocycles. The summed E-state index contributed by atoms with van der Waals surface area (Å²) in [6, 6.07) is 20.1. The van der Waals surface area contributed by atoms with Gasteiger partial charge in [0.1, 0.15) is 10.7 Å². The fourth-order valence-corrected chi connectivity index (χ4v) is 5.18. The van der Waals surface area contributed by atoms with E-state index in [1.807, 2.05) is 53.9 Å². The molecule has 0 aliphatic carbocycles. The highest BCUT2D eigenvalue weighted by molar-refractivity contribution is 7.98. The molecule has 1 unspecified atom stereocenters. The molecule has 0 saturated heterocycles. The highest BCUT2D eigenvalue weighted by atomic mass is 32.2. The van der Waals surface area contributed by atoms with Gasteiger partial charge in [0.15, 0.2) is 0 Å². The SMILES string of the molecule is CC(Cc1nnc(SCc2nc3scc(-c4ccccc4)c3c(=O)[nH]2)o1)c1ccccc1. The molecule has 0 saturated carbocycles. The minimum absolute atomic E-state index is 0.131. The van der Waals surface area contributed by atoms with Crippen LogP contribution >= 0.6 is 23.1 Å². The van der Waals surface area contributed by atoms with Crippen LogP contribution in [-0.2, 0) is 12.2 Å². The molecular weight excluding hydrogens is 440 g/mol. The average Bonchev–Trinajstić information content (AvgIpc) is 3.46. The first-order chi connectivity index (χ1) is 15.7. The van der Waals surface area contributed by atoms with Crippen LogP contribution in [0.2, 0.25) is 0 Å². The molecule has 0 aliphatic heterocycles. The van der Waals surface area contributed by atoms with Crippen molar-refractivity contribution in [2.45, 2.75) is 30.2 Å². The summed E-state index contributed by atoms with van der Waals surface area (Å²) in [7, 11) is 0. The number of nitrogens with zero attached hydrogens (tertiary/aromatic N) is 3. The number of benzene rings is 2. The van der Waals surface area contributed by atoms with Crippen LogP contribution in [-0.4, -0.2) is 20.2 Å². The van der Waals surface area contributed by atoms with Gasteiger partial charge in [0, 0.05) is 17.4 Å². The van der Waals surface area contributed by atoms with Gasteiger partial charge < -0.3 is 9.40 Å². The Labute approximate surface area is 192 Å². The Morgan fingerprint density at radius 1 is 1.06 bits per heavy atom. The lowest BCUT2D eigenvalue weighted by molar-refractivity contribution is 0.404. The minimum Gasteiger partial charge on any atom is -0.416 e. The molecule has 8 heteroatoms. The molecule has 5 rings (SSSR count). The molecule has 2 aromatic carbocycles. The first-order valence-electron chi connectivity index (χ1n) is 10.2. The first-order valence-corrected chi connectivity index (χ1v) is 12.1. The van der Waals surface area contributed by atoms with Crippen molar-refractivity contribution in [3.05, 3.63) is 93.7 Å². The minimum atomic E-state index is -0.131. The Morgan fingerprint density at radius 2 is 1.81 bits per heavy atom. The molecule has 0 spiro atoms. The predicted octanol–water partition coefficient (Wildman–Crippen LogP) is 5.67. The summed E-state index contributed by atoms with van der Waals surface area (Å²) in [6.07, 6.45) is 0.677. The van der Waals surface area contributed by atoms with Crippen LogP contribution in [0.25, 0.3) is 21.3 Å². The van der Waals surface area contributed by atoms with Gasteiger partial charge in [-0.2, -0.15) is 0 Å². The van der Waals surface area contributed by atoms with Gasteiger partial charge in [0.05, 0.1) is 11.1 Å². The van der Waals surface area contributed by atoms with Gasteiger partial charge in [-0.25, -0.2) is 4.98 Å². The van der Waals surface area contributed by atoms with Crippen molar-refractivity contribution in [3.8, 4) is 11.1 Å². The molecule has 32 heavy (non-hydrogen) atoms. The average molecular weight is 461 g/mol. The molecule has 1 N–H and O–H groups in total. The molecule has 0 radical (unpaired) electrons. The second-order valence-corrected chi connectivity index (χ2v) is 9.26. The lowest BCUT2D eigenvalue weighted by Gasteiger charge is -2.08. The van der Waals surface area contributed by atoms with E-state index >= 15 is 0 Å². The van der Waals surface area contributed by atoms with E-state index in [0.717, 1.165) is 16.0 Å². The van der Waals surface area contributed by atoms with Crippen molar-refractivity contribution in [2.75, 3.05) is 0 Å². The third kappa shape index (κ3) is 4.37. The summed E-state index contributed by atoms with van der Waals surface area (Å²) in [5.41, 5.74) is 3.03. The monoisotopic (exact) mass is 460 g/mol. The second kappa shape index (κ2) is 9.10. The van der Waals surface area contributed by atoms with Crippen LogP contribution in [0.4, 0.5) is 0 Å². The zero-order valence-corrected chi connectivity index (χ0v) is 19.0. The Hall–Kier alpha value is -3.23. The highest BCUT2D eigenvalue weighted by Crippen LogP contribution is 2.31. The maximum Gasteiger partial charge on any atom is 0.277 e. The third-order valence-electron chi connectivity index (χ3n) is 5.21. The normalized spacial score (nSPS) is 12.3. The van der Waals surface area contributed by atoms with Crippen LogP contribution in [0.1, 0.15) is 30.1 Å². The standard InChI is InChI=1S/C24H20N4O2S2/c1-15(16-8-4-2-5-9-16)12-20-27-28-24(30-20)32-14-19-25-22(29)21-18(13-31-23(21)26-19)17-10-6-3-7-11-17/h2-11,13,15H,12,14H2,1H3,(H,25,26,29). The highest BCUT2D eigenvalue weighted by Gasteiger charge is 2.15. The number of hydrogen-bond donors (Lipinski definition) is 1. The Kier molecular flexibility index (Phi) is 5.87. The van der Waals surface area contributed by atoms with Crippen LogP contribution in [0.15, 0.2) is 80.5 Å². The number of aromatic amines is 1.